The van der Waals surface area contributed by atoms with Crippen molar-refractivity contribution in [1.82, 2.24) is 9.97 Å². The van der Waals surface area contributed by atoms with Gasteiger partial charge in [0, 0.05) is 11.1 Å². The van der Waals surface area contributed by atoms with Crippen LogP contribution >= 0.6 is 0 Å². The van der Waals surface area contributed by atoms with E-state index in [9.17, 15) is 19.8 Å². The molecule has 0 fully saturated rings. The summed E-state index contributed by atoms with van der Waals surface area (Å²) in [6.45, 7) is 33.0. The normalized spacial score (nSPS) is 10.5. The largest absolute Gasteiger partial charge is 0.494 e. The fourth-order valence-corrected chi connectivity index (χ4v) is 5.54. The van der Waals surface area contributed by atoms with E-state index in [0.29, 0.717) is 45.1 Å². The van der Waals surface area contributed by atoms with Gasteiger partial charge in [0.2, 0.25) is 0 Å². The number of aromatic hydroxyl groups is 2. The predicted octanol–water partition coefficient (Wildman–Crippen LogP) is 16.5. The van der Waals surface area contributed by atoms with Crippen LogP contribution in [0.4, 0.5) is 0 Å². The van der Waals surface area contributed by atoms with Gasteiger partial charge < -0.3 is 20.2 Å². The first-order chi connectivity index (χ1) is 31.2. The van der Waals surface area contributed by atoms with Crippen LogP contribution in [0.15, 0.2) is 131 Å². The fraction of sp³-hybridized carbons (Fsp3) is 0.357. The maximum Gasteiger partial charge on any atom is 0.280 e. The van der Waals surface area contributed by atoms with E-state index in [1.807, 2.05) is 177 Å². The fourth-order valence-electron chi connectivity index (χ4n) is 5.54. The summed E-state index contributed by atoms with van der Waals surface area (Å²) in [5.41, 5.74) is 7.37. The molecule has 2 amide bonds. The standard InChI is InChI=1S/2C18H12N2O2.4C3H8.4C2H6/c2*21-17-13-14(16(20-17)12-9-5-2-6-10-12)18(22)19-15(13)11-7-3-1-4-8-11;4*1-3-2;4*1-2/h2*1-10,19,22H;4*3H2,1-2H3;4*1-2H3. The highest BCUT2D eigenvalue weighted by molar-refractivity contribution is 6.31. The Morgan fingerprint density at radius 2 is 0.562 bits per heavy atom. The van der Waals surface area contributed by atoms with Crippen LogP contribution in [0.5, 0.6) is 11.8 Å². The third-order valence-corrected chi connectivity index (χ3v) is 7.51. The van der Waals surface area contributed by atoms with Gasteiger partial charge in [0.1, 0.15) is 0 Å². The van der Waals surface area contributed by atoms with Gasteiger partial charge in [0.15, 0.2) is 11.8 Å². The minimum atomic E-state index is -0.329. The third kappa shape index (κ3) is 17.5. The Labute approximate surface area is 387 Å². The number of amides is 2. The molecule has 8 nitrogen and oxygen atoms in total. The highest BCUT2D eigenvalue weighted by Crippen LogP contribution is 2.39. The summed E-state index contributed by atoms with van der Waals surface area (Å²) in [4.78, 5) is 38.8. The lowest BCUT2D eigenvalue weighted by atomic mass is 10.0. The van der Waals surface area contributed by atoms with E-state index < -0.39 is 0 Å². The first-order valence-electron chi connectivity index (χ1n) is 23.5. The van der Waals surface area contributed by atoms with Gasteiger partial charge in [0.05, 0.1) is 45.1 Å². The maximum absolute atomic E-state index is 12.3. The van der Waals surface area contributed by atoms with Gasteiger partial charge in [-0.15, -0.1) is 0 Å². The summed E-state index contributed by atoms with van der Waals surface area (Å²) in [5, 5.41) is 20.5. The molecule has 8 heteroatoms. The second-order valence-electron chi connectivity index (χ2n) is 13.0. The minimum Gasteiger partial charge on any atom is -0.494 e. The second-order valence-corrected chi connectivity index (χ2v) is 13.0. The van der Waals surface area contributed by atoms with Crippen LogP contribution in [-0.4, -0.2) is 43.4 Å². The van der Waals surface area contributed by atoms with E-state index in [1.54, 1.807) is 0 Å². The molecule has 348 valence electrons. The van der Waals surface area contributed by atoms with Gasteiger partial charge in [-0.3, -0.25) is 9.59 Å². The van der Waals surface area contributed by atoms with Gasteiger partial charge in [-0.25, -0.2) is 9.98 Å². The van der Waals surface area contributed by atoms with Gasteiger partial charge in [0.25, 0.3) is 11.8 Å². The summed E-state index contributed by atoms with van der Waals surface area (Å²) >= 11 is 0. The number of aromatic nitrogens is 2. The predicted molar refractivity (Wildman–Crippen MR) is 278 cm³/mol. The zero-order chi connectivity index (χ0) is 49.0. The Bertz CT molecular complexity index is 2010. The zero-order valence-electron chi connectivity index (χ0n) is 42.0. The van der Waals surface area contributed by atoms with Crippen LogP contribution in [-0.2, 0) is 0 Å². The number of nitrogens with zero attached hydrogens (tertiary/aromatic N) is 2. The lowest BCUT2D eigenvalue weighted by molar-refractivity contribution is 0.0998. The molecule has 2 aromatic heterocycles. The second kappa shape index (κ2) is 36.2. The molecule has 0 saturated heterocycles. The summed E-state index contributed by atoms with van der Waals surface area (Å²) in [7, 11) is 0. The number of benzene rings is 4. The molecular weight excluding hydrogens is 793 g/mol. The van der Waals surface area contributed by atoms with Crippen molar-refractivity contribution in [3.8, 4) is 34.3 Å². The first-order valence-corrected chi connectivity index (χ1v) is 23.5. The van der Waals surface area contributed by atoms with Gasteiger partial charge >= 0.3 is 0 Å². The summed E-state index contributed by atoms with van der Waals surface area (Å²) in [6, 6.07) is 37.7. The van der Waals surface area contributed by atoms with E-state index in [0.717, 1.165) is 22.3 Å². The van der Waals surface area contributed by atoms with E-state index in [-0.39, 0.29) is 23.6 Å². The van der Waals surface area contributed by atoms with E-state index in [1.165, 1.54) is 25.7 Å². The van der Waals surface area contributed by atoms with Crippen molar-refractivity contribution in [2.75, 3.05) is 0 Å². The third-order valence-electron chi connectivity index (χ3n) is 7.51. The molecule has 0 saturated carbocycles. The molecule has 6 aromatic rings. The Hall–Kier alpha value is -6.28. The van der Waals surface area contributed by atoms with Crippen molar-refractivity contribution in [1.29, 1.82) is 0 Å². The quantitative estimate of drug-likeness (QED) is 0.140. The number of H-pyrrole nitrogens is 2. The van der Waals surface area contributed by atoms with E-state index >= 15 is 0 Å². The Morgan fingerprint density at radius 1 is 0.359 bits per heavy atom. The van der Waals surface area contributed by atoms with Crippen LogP contribution < -0.4 is 0 Å². The number of rotatable bonds is 4. The Balaban J connectivity index is 0. The molecule has 0 radical (unpaired) electrons. The number of hydrogen-bond donors (Lipinski definition) is 4. The first kappa shape index (κ1) is 59.8. The molecule has 64 heavy (non-hydrogen) atoms. The Morgan fingerprint density at radius 3 is 0.781 bits per heavy atom. The summed E-state index contributed by atoms with van der Waals surface area (Å²) in [6.07, 6.45) is 5.00. The summed E-state index contributed by atoms with van der Waals surface area (Å²) < 4.78 is 0. The van der Waals surface area contributed by atoms with Crippen molar-refractivity contribution in [3.05, 3.63) is 155 Å². The van der Waals surface area contributed by atoms with Gasteiger partial charge in [-0.05, 0) is 11.1 Å². The Kier molecular flexibility index (Phi) is 33.9. The maximum atomic E-state index is 12.3. The average molecular weight is 873 g/mol. The van der Waals surface area contributed by atoms with E-state index in [4.69, 9.17) is 0 Å². The van der Waals surface area contributed by atoms with Crippen LogP contribution in [0.1, 0.15) is 179 Å². The van der Waals surface area contributed by atoms with Crippen molar-refractivity contribution >= 4 is 23.2 Å². The molecule has 4 heterocycles. The summed E-state index contributed by atoms with van der Waals surface area (Å²) in [5.74, 6) is -0.710. The lowest BCUT2D eigenvalue weighted by Gasteiger charge is -2.00. The molecule has 2 aliphatic heterocycles. The number of hydrogen-bond acceptors (Lipinski definition) is 4. The van der Waals surface area contributed by atoms with Crippen molar-refractivity contribution in [2.24, 2.45) is 9.98 Å². The van der Waals surface area contributed by atoms with E-state index in [2.05, 4.69) is 75.3 Å². The lowest BCUT2D eigenvalue weighted by Crippen LogP contribution is -1.99. The molecular formula is C56H80N4O4. The molecule has 0 bridgehead atoms. The topological polar surface area (TPSA) is 131 Å². The molecule has 2 aliphatic rings. The highest BCUT2D eigenvalue weighted by atomic mass is 16.3. The molecule has 0 unspecified atom stereocenters. The minimum absolute atomic E-state index is 0.0256. The molecule has 0 spiro atoms. The van der Waals surface area contributed by atoms with Crippen molar-refractivity contribution in [2.45, 2.75) is 136 Å². The molecule has 4 N–H and O–H groups in total. The van der Waals surface area contributed by atoms with Crippen LogP contribution in [0.3, 0.4) is 0 Å². The molecule has 0 aliphatic carbocycles. The average Bonchev–Trinajstić information content (AvgIpc) is 4.09. The number of carbonyl (C=O) groups excluding carboxylic acids is 2. The van der Waals surface area contributed by atoms with Crippen LogP contribution in [0, 0.1) is 0 Å². The number of aromatic amines is 2. The molecule has 8 rings (SSSR count). The smallest absolute Gasteiger partial charge is 0.280 e. The molecule has 0 atom stereocenters. The van der Waals surface area contributed by atoms with Gasteiger partial charge in [-0.1, -0.05) is 258 Å². The number of carbonyl (C=O) groups is 2. The highest BCUT2D eigenvalue weighted by Gasteiger charge is 2.34. The number of aliphatic imine (C=N–C) groups is 2. The van der Waals surface area contributed by atoms with Crippen molar-refractivity contribution < 1.29 is 19.8 Å². The number of nitrogens with one attached hydrogen (secondary N) is 2. The molecule has 4 aromatic carbocycles. The van der Waals surface area contributed by atoms with Crippen molar-refractivity contribution in [3.63, 3.8) is 0 Å². The van der Waals surface area contributed by atoms with Gasteiger partial charge in [-0.2, -0.15) is 0 Å². The number of fused-ring (bicyclic) bond motifs is 2. The van der Waals surface area contributed by atoms with Crippen LogP contribution in [0.25, 0.3) is 22.5 Å². The monoisotopic (exact) mass is 873 g/mol. The zero-order valence-corrected chi connectivity index (χ0v) is 42.0. The van der Waals surface area contributed by atoms with Crippen LogP contribution in [0.2, 0.25) is 0 Å². The SMILES string of the molecule is CC.CC.CC.CC.CCC.CCC.CCC.CCC.O=C1N=C(c2ccccc2)c2c(O)[nH]c(-c3ccccc3)c21.O=C1N=C(c2ccccc2)c2c(O)[nH]c(-c3ccccc3)c21.